The first-order valence-electron chi connectivity index (χ1n) is 6.39. The van der Waals surface area contributed by atoms with Crippen molar-refractivity contribution in [2.24, 2.45) is 0 Å². The molecule has 0 aromatic heterocycles. The van der Waals surface area contributed by atoms with Crippen LogP contribution in [0.3, 0.4) is 0 Å². The zero-order valence-electron chi connectivity index (χ0n) is 10.9. The van der Waals surface area contributed by atoms with Crippen molar-refractivity contribution in [3.8, 4) is 0 Å². The fourth-order valence-electron chi connectivity index (χ4n) is 2.14. The molecule has 0 aliphatic carbocycles. The van der Waals surface area contributed by atoms with Gasteiger partial charge in [0.1, 0.15) is 0 Å². The predicted octanol–water partition coefficient (Wildman–Crippen LogP) is 5.46. The van der Waals surface area contributed by atoms with E-state index in [9.17, 15) is 4.79 Å². The van der Waals surface area contributed by atoms with E-state index in [1.54, 1.807) is 0 Å². The van der Waals surface area contributed by atoms with E-state index in [2.05, 4.69) is 49.9 Å². The summed E-state index contributed by atoms with van der Waals surface area (Å²) in [6.07, 6.45) is 0. The highest BCUT2D eigenvalue weighted by atomic mass is 127. The van der Waals surface area contributed by atoms with Crippen LogP contribution >= 0.6 is 38.5 Å². The number of anilines is 1. The maximum absolute atomic E-state index is 12.4. The number of carbonyl (C=O) groups excluding carboxylic acids is 1. The van der Waals surface area contributed by atoms with Gasteiger partial charge in [0.2, 0.25) is 0 Å². The quantitative estimate of drug-likeness (QED) is 0.515. The van der Waals surface area contributed by atoms with Crippen LogP contribution in [0.4, 0.5) is 5.69 Å². The van der Waals surface area contributed by atoms with Crippen molar-refractivity contribution < 1.29 is 4.79 Å². The van der Waals surface area contributed by atoms with Gasteiger partial charge in [0.15, 0.2) is 0 Å². The molecule has 0 aliphatic rings. The van der Waals surface area contributed by atoms with Crippen molar-refractivity contribution in [2.45, 2.75) is 0 Å². The normalized spacial score (nSPS) is 10.6. The van der Waals surface area contributed by atoms with E-state index in [-0.39, 0.29) is 5.91 Å². The Bertz CT molecular complexity index is 832. The summed E-state index contributed by atoms with van der Waals surface area (Å²) in [4.78, 5) is 12.4. The number of hydrogen-bond acceptors (Lipinski definition) is 1. The molecule has 0 radical (unpaired) electrons. The van der Waals surface area contributed by atoms with Gasteiger partial charge in [-0.15, -0.1) is 0 Å². The molecule has 0 bridgehead atoms. The van der Waals surface area contributed by atoms with Gasteiger partial charge in [0.25, 0.3) is 5.91 Å². The average Bonchev–Trinajstić information content (AvgIpc) is 2.49. The van der Waals surface area contributed by atoms with Crippen LogP contribution in [0.5, 0.6) is 0 Å². The zero-order valence-corrected chi connectivity index (χ0v) is 14.7. The van der Waals surface area contributed by atoms with E-state index in [0.29, 0.717) is 5.56 Å². The zero-order chi connectivity index (χ0) is 14.8. The molecule has 1 amide bonds. The second-order valence-corrected chi connectivity index (χ2v) is 6.72. The van der Waals surface area contributed by atoms with Crippen LogP contribution in [-0.2, 0) is 0 Å². The van der Waals surface area contributed by atoms with Gasteiger partial charge in [-0.25, -0.2) is 0 Å². The van der Waals surface area contributed by atoms with Crippen molar-refractivity contribution in [3.63, 3.8) is 0 Å². The second-order valence-electron chi connectivity index (χ2n) is 4.64. The third kappa shape index (κ3) is 3.27. The lowest BCUT2D eigenvalue weighted by Crippen LogP contribution is -2.13. The van der Waals surface area contributed by atoms with Gasteiger partial charge >= 0.3 is 0 Å². The predicted molar refractivity (Wildman–Crippen MR) is 98.8 cm³/mol. The van der Waals surface area contributed by atoms with Crippen molar-refractivity contribution >= 4 is 60.9 Å². The number of carbonyl (C=O) groups is 1. The van der Waals surface area contributed by atoms with E-state index in [1.807, 2.05) is 54.6 Å². The van der Waals surface area contributed by atoms with Gasteiger partial charge < -0.3 is 5.32 Å². The van der Waals surface area contributed by atoms with E-state index in [0.717, 1.165) is 24.5 Å². The van der Waals surface area contributed by atoms with Crippen LogP contribution in [0.2, 0.25) is 0 Å². The van der Waals surface area contributed by atoms with Gasteiger partial charge in [-0.2, -0.15) is 0 Å². The van der Waals surface area contributed by atoms with Crippen molar-refractivity contribution in [2.75, 3.05) is 5.32 Å². The lowest BCUT2D eigenvalue weighted by Gasteiger charge is -2.08. The Morgan fingerprint density at radius 1 is 0.952 bits per heavy atom. The monoisotopic (exact) mass is 451 g/mol. The maximum Gasteiger partial charge on any atom is 0.256 e. The van der Waals surface area contributed by atoms with Gasteiger partial charge in [0, 0.05) is 13.7 Å². The number of fused-ring (bicyclic) bond motifs is 1. The molecule has 0 heterocycles. The van der Waals surface area contributed by atoms with Crippen LogP contribution in [0.15, 0.2) is 65.1 Å². The van der Waals surface area contributed by atoms with Crippen molar-refractivity contribution in [1.82, 2.24) is 0 Å². The van der Waals surface area contributed by atoms with Crippen molar-refractivity contribution in [3.05, 3.63) is 74.3 Å². The Kier molecular flexibility index (Phi) is 4.26. The van der Waals surface area contributed by atoms with E-state index >= 15 is 0 Å². The molecule has 0 saturated heterocycles. The molecule has 1 N–H and O–H groups in total. The summed E-state index contributed by atoms with van der Waals surface area (Å²) in [7, 11) is 0. The minimum absolute atomic E-state index is 0.101. The van der Waals surface area contributed by atoms with Crippen LogP contribution in [0, 0.1) is 3.57 Å². The maximum atomic E-state index is 12.4. The Morgan fingerprint density at radius 2 is 1.71 bits per heavy atom. The number of hydrogen-bond donors (Lipinski definition) is 1. The largest absolute Gasteiger partial charge is 0.322 e. The summed E-state index contributed by atoms with van der Waals surface area (Å²) in [5, 5.41) is 5.22. The standard InChI is InChI=1S/C17H11BrINO/c18-13-6-8-16(19)15(10-13)17(21)20-14-7-5-11-3-1-2-4-12(11)9-14/h1-10H,(H,20,21). The minimum Gasteiger partial charge on any atom is -0.322 e. The summed E-state index contributed by atoms with van der Waals surface area (Å²) in [6, 6.07) is 19.7. The highest BCUT2D eigenvalue weighted by Gasteiger charge is 2.11. The lowest BCUT2D eigenvalue weighted by molar-refractivity contribution is 0.102. The Morgan fingerprint density at radius 3 is 2.52 bits per heavy atom. The van der Waals surface area contributed by atoms with Gasteiger partial charge in [-0.3, -0.25) is 4.79 Å². The van der Waals surface area contributed by atoms with Crippen LogP contribution in [0.1, 0.15) is 10.4 Å². The molecule has 0 saturated carbocycles. The fourth-order valence-corrected chi connectivity index (χ4v) is 3.08. The first kappa shape index (κ1) is 14.5. The van der Waals surface area contributed by atoms with E-state index in [4.69, 9.17) is 0 Å². The molecule has 0 fully saturated rings. The highest BCUT2D eigenvalue weighted by molar-refractivity contribution is 14.1. The molecule has 21 heavy (non-hydrogen) atoms. The van der Waals surface area contributed by atoms with Gasteiger partial charge in [0.05, 0.1) is 5.56 Å². The highest BCUT2D eigenvalue weighted by Crippen LogP contribution is 2.22. The Balaban J connectivity index is 1.90. The van der Waals surface area contributed by atoms with Crippen LogP contribution in [-0.4, -0.2) is 5.91 Å². The minimum atomic E-state index is -0.101. The third-order valence-electron chi connectivity index (χ3n) is 3.18. The molecule has 3 aromatic rings. The topological polar surface area (TPSA) is 29.1 Å². The number of rotatable bonds is 2. The van der Waals surface area contributed by atoms with Crippen LogP contribution < -0.4 is 5.32 Å². The van der Waals surface area contributed by atoms with Crippen LogP contribution in [0.25, 0.3) is 10.8 Å². The summed E-state index contributed by atoms with van der Waals surface area (Å²) in [5.74, 6) is -0.101. The number of halogens is 2. The Hall–Kier alpha value is -1.40. The molecular weight excluding hydrogens is 441 g/mol. The summed E-state index contributed by atoms with van der Waals surface area (Å²) < 4.78 is 1.82. The number of amides is 1. The molecule has 3 aromatic carbocycles. The average molecular weight is 452 g/mol. The smallest absolute Gasteiger partial charge is 0.256 e. The molecule has 0 aliphatic heterocycles. The molecule has 3 rings (SSSR count). The van der Waals surface area contributed by atoms with Crippen molar-refractivity contribution in [1.29, 1.82) is 0 Å². The van der Waals surface area contributed by atoms with Gasteiger partial charge in [-0.1, -0.05) is 46.3 Å². The molecule has 0 unspecified atom stereocenters. The summed E-state index contributed by atoms with van der Waals surface area (Å²) in [5.41, 5.74) is 1.47. The lowest BCUT2D eigenvalue weighted by atomic mass is 10.1. The Labute approximate surface area is 144 Å². The molecule has 4 heteroatoms. The summed E-state index contributed by atoms with van der Waals surface area (Å²) >= 11 is 5.57. The number of nitrogens with one attached hydrogen (secondary N) is 1. The second kappa shape index (κ2) is 6.15. The van der Waals surface area contributed by atoms with E-state index < -0.39 is 0 Å². The first-order chi connectivity index (χ1) is 10.1. The van der Waals surface area contributed by atoms with E-state index in [1.165, 1.54) is 0 Å². The molecular formula is C17H11BrINO. The molecule has 2 nitrogen and oxygen atoms in total. The third-order valence-corrected chi connectivity index (χ3v) is 4.61. The summed E-state index contributed by atoms with van der Waals surface area (Å²) in [6.45, 7) is 0. The number of benzene rings is 3. The molecule has 0 atom stereocenters. The molecule has 0 spiro atoms. The fraction of sp³-hybridized carbons (Fsp3) is 0. The first-order valence-corrected chi connectivity index (χ1v) is 8.26. The SMILES string of the molecule is O=C(Nc1ccc2ccccc2c1)c1cc(Br)ccc1I. The molecule has 104 valence electrons. The van der Waals surface area contributed by atoms with Gasteiger partial charge in [-0.05, 0) is 63.7 Å².